The summed E-state index contributed by atoms with van der Waals surface area (Å²) in [6, 6.07) is 11.6. The summed E-state index contributed by atoms with van der Waals surface area (Å²) in [7, 11) is 0. The molecule has 28 heavy (non-hydrogen) atoms. The van der Waals surface area contributed by atoms with Crippen molar-refractivity contribution >= 4 is 17.5 Å². The first-order valence-electron chi connectivity index (χ1n) is 8.93. The number of hydrogen-bond donors (Lipinski definition) is 1. The van der Waals surface area contributed by atoms with Gasteiger partial charge in [0, 0.05) is 28.5 Å². The van der Waals surface area contributed by atoms with Gasteiger partial charge in [0.15, 0.2) is 0 Å². The highest BCUT2D eigenvalue weighted by molar-refractivity contribution is 7.04. The summed E-state index contributed by atoms with van der Waals surface area (Å²) in [4.78, 5) is 10.8. The summed E-state index contributed by atoms with van der Waals surface area (Å²) in [6.07, 6.45) is 6.07. The molecule has 0 unspecified atom stereocenters. The molecule has 4 nitrogen and oxygen atoms in total. The number of carboxylic acids is 1. The summed E-state index contributed by atoms with van der Waals surface area (Å²) in [5.41, 5.74) is 6.92. The number of terminal acetylenes is 1. The second-order valence-electron chi connectivity index (χ2n) is 6.57. The first kappa shape index (κ1) is 19.7. The Morgan fingerprint density at radius 3 is 2.57 bits per heavy atom. The molecule has 5 heteroatoms. The minimum Gasteiger partial charge on any atom is -0.489 e. The van der Waals surface area contributed by atoms with Crippen molar-refractivity contribution in [2.75, 3.05) is 0 Å². The molecule has 0 aliphatic heterocycles. The third-order valence-corrected chi connectivity index (χ3v) is 5.49. The fourth-order valence-electron chi connectivity index (χ4n) is 3.00. The summed E-state index contributed by atoms with van der Waals surface area (Å²) in [5.74, 6) is 2.63. The number of hydrogen-bond acceptors (Lipinski definition) is 4. The molecule has 3 rings (SSSR count). The second kappa shape index (κ2) is 8.73. The quantitative estimate of drug-likeness (QED) is 0.576. The molecule has 0 amide bonds. The van der Waals surface area contributed by atoms with Gasteiger partial charge >= 0.3 is 5.97 Å². The Morgan fingerprint density at radius 2 is 1.89 bits per heavy atom. The number of benzene rings is 2. The van der Waals surface area contributed by atoms with E-state index < -0.39 is 5.97 Å². The van der Waals surface area contributed by atoms with Gasteiger partial charge in [-0.3, -0.25) is 4.79 Å². The molecule has 1 aromatic heterocycles. The van der Waals surface area contributed by atoms with E-state index in [1.165, 1.54) is 11.5 Å². The molecule has 0 bridgehead atoms. The van der Waals surface area contributed by atoms with Crippen molar-refractivity contribution in [1.29, 1.82) is 0 Å². The van der Waals surface area contributed by atoms with Gasteiger partial charge in [0.2, 0.25) is 0 Å². The Labute approximate surface area is 169 Å². The van der Waals surface area contributed by atoms with Gasteiger partial charge in [0.25, 0.3) is 0 Å². The molecule has 2 aromatic carbocycles. The van der Waals surface area contributed by atoms with E-state index in [1.54, 1.807) is 0 Å². The van der Waals surface area contributed by atoms with Gasteiger partial charge in [0.05, 0.1) is 5.69 Å². The minimum atomic E-state index is -0.787. The van der Waals surface area contributed by atoms with Crippen molar-refractivity contribution in [2.45, 2.75) is 33.3 Å². The molecule has 0 atom stereocenters. The van der Waals surface area contributed by atoms with Crippen LogP contribution in [0.2, 0.25) is 0 Å². The van der Waals surface area contributed by atoms with Crippen molar-refractivity contribution in [1.82, 2.24) is 4.37 Å². The molecule has 0 saturated heterocycles. The van der Waals surface area contributed by atoms with E-state index in [9.17, 15) is 4.79 Å². The van der Waals surface area contributed by atoms with Crippen LogP contribution in [0.5, 0.6) is 5.75 Å². The molecule has 0 aliphatic carbocycles. The van der Waals surface area contributed by atoms with Gasteiger partial charge < -0.3 is 9.84 Å². The Kier molecular flexibility index (Phi) is 6.13. The number of aliphatic carboxylic acids is 1. The monoisotopic (exact) mass is 391 g/mol. The van der Waals surface area contributed by atoms with Gasteiger partial charge in [-0.25, -0.2) is 0 Å². The smallest absolute Gasteiger partial charge is 0.303 e. The summed E-state index contributed by atoms with van der Waals surface area (Å²) in [6.45, 7) is 4.42. The highest BCUT2D eigenvalue weighted by Gasteiger charge is 2.12. The van der Waals surface area contributed by atoms with Crippen molar-refractivity contribution in [2.24, 2.45) is 0 Å². The Hall–Kier alpha value is -3.10. The molecule has 0 saturated carbocycles. The maximum absolute atomic E-state index is 10.8. The standard InChI is InChI=1S/C23H21NO3S/c1-4-17-5-7-19(8-6-17)23-20(14-28-24-23)13-27-21-11-9-18(10-12-22(25)26)15(2)16(21)3/h1,5-9,11,14H,10,12-13H2,2-3H3,(H,25,26). The molecule has 0 spiro atoms. The van der Waals surface area contributed by atoms with Crippen LogP contribution >= 0.6 is 11.5 Å². The van der Waals surface area contributed by atoms with Crippen LogP contribution in [0.4, 0.5) is 0 Å². The van der Waals surface area contributed by atoms with E-state index in [2.05, 4.69) is 10.3 Å². The molecule has 3 aromatic rings. The molecule has 0 fully saturated rings. The molecular formula is C23H21NO3S. The van der Waals surface area contributed by atoms with Crippen LogP contribution in [-0.4, -0.2) is 15.4 Å². The third kappa shape index (κ3) is 4.41. The number of nitrogens with zero attached hydrogens (tertiary/aromatic N) is 1. The number of aryl methyl sites for hydroxylation is 1. The zero-order valence-corrected chi connectivity index (χ0v) is 16.7. The van der Waals surface area contributed by atoms with Gasteiger partial charge in [-0.15, -0.1) is 6.42 Å². The Bertz CT molecular complexity index is 1030. The number of ether oxygens (including phenoxy) is 1. The molecule has 1 N–H and O–H groups in total. The first-order chi connectivity index (χ1) is 13.5. The molecular weight excluding hydrogens is 370 g/mol. The van der Waals surface area contributed by atoms with Gasteiger partial charge in [-0.1, -0.05) is 24.1 Å². The predicted octanol–water partition coefficient (Wildman–Crippen LogP) is 5.00. The number of aromatic nitrogens is 1. The average molecular weight is 391 g/mol. The number of rotatable bonds is 7. The van der Waals surface area contributed by atoms with E-state index >= 15 is 0 Å². The molecule has 142 valence electrons. The summed E-state index contributed by atoms with van der Waals surface area (Å²) in [5, 5.41) is 10.9. The van der Waals surface area contributed by atoms with E-state index in [0.29, 0.717) is 13.0 Å². The van der Waals surface area contributed by atoms with Crippen molar-refractivity contribution in [3.05, 3.63) is 69.6 Å². The second-order valence-corrected chi connectivity index (χ2v) is 7.19. The van der Waals surface area contributed by atoms with Gasteiger partial charge in [-0.05, 0) is 66.7 Å². The zero-order valence-electron chi connectivity index (χ0n) is 15.9. The third-order valence-electron chi connectivity index (χ3n) is 4.81. The van der Waals surface area contributed by atoms with Crippen molar-refractivity contribution < 1.29 is 14.6 Å². The van der Waals surface area contributed by atoms with Crippen LogP contribution in [0.15, 0.2) is 41.8 Å². The lowest BCUT2D eigenvalue weighted by Crippen LogP contribution is -2.03. The highest BCUT2D eigenvalue weighted by atomic mass is 32.1. The highest BCUT2D eigenvalue weighted by Crippen LogP contribution is 2.29. The van der Waals surface area contributed by atoms with Gasteiger partial charge in [0.1, 0.15) is 12.4 Å². The zero-order chi connectivity index (χ0) is 20.1. The lowest BCUT2D eigenvalue weighted by Gasteiger charge is -2.14. The van der Waals surface area contributed by atoms with Crippen LogP contribution in [0.25, 0.3) is 11.3 Å². The normalized spacial score (nSPS) is 10.5. The lowest BCUT2D eigenvalue weighted by molar-refractivity contribution is -0.136. The fraction of sp³-hybridized carbons (Fsp3) is 0.217. The minimum absolute atomic E-state index is 0.128. The predicted molar refractivity (Wildman–Crippen MR) is 112 cm³/mol. The summed E-state index contributed by atoms with van der Waals surface area (Å²) < 4.78 is 10.6. The fourth-order valence-corrected chi connectivity index (χ4v) is 3.69. The van der Waals surface area contributed by atoms with Crippen LogP contribution in [0.1, 0.15) is 34.2 Å². The first-order valence-corrected chi connectivity index (χ1v) is 9.77. The average Bonchev–Trinajstić information content (AvgIpc) is 3.17. The largest absolute Gasteiger partial charge is 0.489 e. The van der Waals surface area contributed by atoms with E-state index in [0.717, 1.165) is 44.8 Å². The van der Waals surface area contributed by atoms with Gasteiger partial charge in [-0.2, -0.15) is 4.37 Å². The SMILES string of the molecule is C#Cc1ccc(-c2nscc2COc2ccc(CCC(=O)O)c(C)c2C)cc1. The van der Waals surface area contributed by atoms with Crippen molar-refractivity contribution in [3.63, 3.8) is 0 Å². The lowest BCUT2D eigenvalue weighted by atomic mass is 9.99. The van der Waals surface area contributed by atoms with Crippen LogP contribution < -0.4 is 4.74 Å². The van der Waals surface area contributed by atoms with E-state index in [-0.39, 0.29) is 6.42 Å². The van der Waals surface area contributed by atoms with E-state index in [4.69, 9.17) is 16.3 Å². The maximum Gasteiger partial charge on any atom is 0.303 e. The van der Waals surface area contributed by atoms with Crippen LogP contribution in [-0.2, 0) is 17.8 Å². The number of carboxylic acid groups (broad SMARTS) is 1. The maximum atomic E-state index is 10.8. The van der Waals surface area contributed by atoms with Crippen LogP contribution in [0, 0.1) is 26.2 Å². The molecule has 0 radical (unpaired) electrons. The molecule has 1 heterocycles. The van der Waals surface area contributed by atoms with Crippen LogP contribution in [0.3, 0.4) is 0 Å². The number of carbonyl (C=O) groups is 1. The summed E-state index contributed by atoms with van der Waals surface area (Å²) >= 11 is 1.40. The van der Waals surface area contributed by atoms with E-state index in [1.807, 2.05) is 55.6 Å². The molecule has 0 aliphatic rings. The Balaban J connectivity index is 1.74. The topological polar surface area (TPSA) is 59.4 Å². The Morgan fingerprint density at radius 1 is 1.14 bits per heavy atom. The van der Waals surface area contributed by atoms with Crippen molar-refractivity contribution in [3.8, 4) is 29.4 Å².